The van der Waals surface area contributed by atoms with Crippen molar-refractivity contribution in [1.82, 2.24) is 0 Å². The van der Waals surface area contributed by atoms with Gasteiger partial charge in [0.05, 0.1) is 5.56 Å². The van der Waals surface area contributed by atoms with Crippen LogP contribution in [0.4, 0.5) is 0 Å². The zero-order chi connectivity index (χ0) is 9.26. The summed E-state index contributed by atoms with van der Waals surface area (Å²) in [4.78, 5) is 4.21. The molecule has 1 aromatic carbocycles. The molecule has 1 aliphatic rings. The molecule has 1 heterocycles. The largest absolute Gasteiger partial charge is 0.442 e. The highest BCUT2D eigenvalue weighted by molar-refractivity contribution is 9.10. The molecular weight excluding hydrogens is 230 g/mol. The highest BCUT2D eigenvalue weighted by atomic mass is 79.9. The lowest BCUT2D eigenvalue weighted by Crippen LogP contribution is -2.00. The van der Waals surface area contributed by atoms with Gasteiger partial charge in [0.25, 0.3) is 0 Å². The molecule has 0 unspecified atom stereocenters. The monoisotopic (exact) mass is 237 g/mol. The Kier molecular flexibility index (Phi) is 2.19. The fraction of sp³-hybridized carbons (Fsp3) is 0.100. The maximum atomic E-state index is 5.35. The lowest BCUT2D eigenvalue weighted by molar-refractivity contribution is 0.442. The molecule has 0 amide bonds. The summed E-state index contributed by atoms with van der Waals surface area (Å²) in [5, 5.41) is 0. The molecule has 1 aromatic rings. The number of aliphatic imine (C=N–C) groups is 1. The number of hydrogen-bond acceptors (Lipinski definition) is 2. The Morgan fingerprint density at radius 3 is 2.77 bits per heavy atom. The van der Waals surface area contributed by atoms with E-state index in [0.717, 1.165) is 10.0 Å². The van der Waals surface area contributed by atoms with E-state index < -0.39 is 0 Å². The van der Waals surface area contributed by atoms with Crippen LogP contribution < -0.4 is 0 Å². The van der Waals surface area contributed by atoms with Gasteiger partial charge in [-0.3, -0.25) is 0 Å². The van der Waals surface area contributed by atoms with Crippen LogP contribution in [0, 0.1) is 0 Å². The van der Waals surface area contributed by atoms with Crippen LogP contribution in [0.5, 0.6) is 0 Å². The van der Waals surface area contributed by atoms with E-state index in [-0.39, 0.29) is 0 Å². The van der Waals surface area contributed by atoms with E-state index in [1.807, 2.05) is 24.3 Å². The van der Waals surface area contributed by atoms with E-state index in [0.29, 0.717) is 18.2 Å². The summed E-state index contributed by atoms with van der Waals surface area (Å²) in [6.45, 7) is 4.27. The Morgan fingerprint density at radius 1 is 1.38 bits per heavy atom. The van der Waals surface area contributed by atoms with Crippen molar-refractivity contribution < 1.29 is 4.74 Å². The highest BCUT2D eigenvalue weighted by Crippen LogP contribution is 2.21. The van der Waals surface area contributed by atoms with Gasteiger partial charge in [-0.05, 0) is 28.1 Å². The highest BCUT2D eigenvalue weighted by Gasteiger charge is 2.15. The molecule has 0 saturated heterocycles. The van der Waals surface area contributed by atoms with Crippen molar-refractivity contribution in [1.29, 1.82) is 0 Å². The third-order valence-corrected chi connectivity index (χ3v) is 2.44. The van der Waals surface area contributed by atoms with Gasteiger partial charge in [-0.25, -0.2) is 4.99 Å². The molecule has 13 heavy (non-hydrogen) atoms. The lowest BCUT2D eigenvalue weighted by Gasteiger charge is -2.03. The molecule has 0 fully saturated rings. The zero-order valence-electron chi connectivity index (χ0n) is 6.96. The molecule has 2 nitrogen and oxygen atoms in total. The second kappa shape index (κ2) is 3.34. The summed E-state index contributed by atoms with van der Waals surface area (Å²) in [5.41, 5.74) is 0.973. The topological polar surface area (TPSA) is 21.6 Å². The standard InChI is InChI=1S/C10H8BrNO/c1-7-6-12-10(13-7)8-4-2-3-5-9(8)11/h2-5H,1,6H2. The Labute approximate surface area is 85.1 Å². The van der Waals surface area contributed by atoms with Gasteiger partial charge in [0, 0.05) is 4.47 Å². The molecular formula is C10H8BrNO. The van der Waals surface area contributed by atoms with Crippen molar-refractivity contribution in [2.24, 2.45) is 4.99 Å². The molecule has 0 atom stereocenters. The minimum Gasteiger partial charge on any atom is -0.442 e. The van der Waals surface area contributed by atoms with Crippen LogP contribution in [0.3, 0.4) is 0 Å². The average molecular weight is 238 g/mol. The Hall–Kier alpha value is -1.09. The van der Waals surface area contributed by atoms with Gasteiger partial charge in [-0.15, -0.1) is 0 Å². The Balaban J connectivity index is 2.37. The molecule has 0 saturated carbocycles. The number of hydrogen-bond donors (Lipinski definition) is 0. The number of rotatable bonds is 1. The quantitative estimate of drug-likeness (QED) is 0.737. The first-order chi connectivity index (χ1) is 6.27. The van der Waals surface area contributed by atoms with Gasteiger partial charge >= 0.3 is 0 Å². The first-order valence-corrected chi connectivity index (χ1v) is 4.71. The fourth-order valence-corrected chi connectivity index (χ4v) is 1.59. The summed E-state index contributed by atoms with van der Waals surface area (Å²) in [6.07, 6.45) is 0. The van der Waals surface area contributed by atoms with Crippen molar-refractivity contribution in [3.05, 3.63) is 46.6 Å². The summed E-state index contributed by atoms with van der Waals surface area (Å²) >= 11 is 3.44. The minimum atomic E-state index is 0.566. The maximum absolute atomic E-state index is 5.35. The van der Waals surface area contributed by atoms with Crippen molar-refractivity contribution >= 4 is 21.8 Å². The van der Waals surface area contributed by atoms with E-state index in [4.69, 9.17) is 4.74 Å². The first-order valence-electron chi connectivity index (χ1n) is 3.92. The predicted octanol–water partition coefficient (Wildman–Crippen LogP) is 2.74. The molecule has 0 bridgehead atoms. The third kappa shape index (κ3) is 1.65. The van der Waals surface area contributed by atoms with Crippen LogP contribution in [-0.4, -0.2) is 12.4 Å². The van der Waals surface area contributed by atoms with Gasteiger partial charge < -0.3 is 4.74 Å². The molecule has 0 aromatic heterocycles. The van der Waals surface area contributed by atoms with Gasteiger partial charge in [-0.1, -0.05) is 18.7 Å². The van der Waals surface area contributed by atoms with Crippen molar-refractivity contribution in [3.63, 3.8) is 0 Å². The Bertz CT molecular complexity index is 384. The number of benzene rings is 1. The van der Waals surface area contributed by atoms with Gasteiger partial charge in [-0.2, -0.15) is 0 Å². The van der Waals surface area contributed by atoms with E-state index in [1.165, 1.54) is 0 Å². The molecule has 0 N–H and O–H groups in total. The van der Waals surface area contributed by atoms with Crippen LogP contribution >= 0.6 is 15.9 Å². The second-order valence-corrected chi connectivity index (χ2v) is 3.60. The molecule has 0 radical (unpaired) electrons. The zero-order valence-corrected chi connectivity index (χ0v) is 8.54. The van der Waals surface area contributed by atoms with Crippen LogP contribution in [0.1, 0.15) is 5.56 Å². The molecule has 0 aliphatic carbocycles. The van der Waals surface area contributed by atoms with E-state index in [9.17, 15) is 0 Å². The molecule has 0 spiro atoms. The second-order valence-electron chi connectivity index (χ2n) is 2.74. The summed E-state index contributed by atoms with van der Waals surface area (Å²) in [6, 6.07) is 7.83. The summed E-state index contributed by atoms with van der Waals surface area (Å²) in [5.74, 6) is 1.35. The number of ether oxygens (including phenoxy) is 1. The van der Waals surface area contributed by atoms with Gasteiger partial charge in [0.1, 0.15) is 12.3 Å². The van der Waals surface area contributed by atoms with Gasteiger partial charge in [0.15, 0.2) is 0 Å². The van der Waals surface area contributed by atoms with E-state index in [2.05, 4.69) is 27.5 Å². The van der Waals surface area contributed by atoms with Crippen molar-refractivity contribution in [2.45, 2.75) is 0 Å². The average Bonchev–Trinajstić information content (AvgIpc) is 2.53. The van der Waals surface area contributed by atoms with Gasteiger partial charge in [0.2, 0.25) is 5.90 Å². The van der Waals surface area contributed by atoms with E-state index in [1.54, 1.807) is 0 Å². The predicted molar refractivity (Wildman–Crippen MR) is 55.8 cm³/mol. The third-order valence-electron chi connectivity index (χ3n) is 1.74. The van der Waals surface area contributed by atoms with Crippen molar-refractivity contribution in [3.8, 4) is 0 Å². The van der Waals surface area contributed by atoms with Crippen LogP contribution in [0.2, 0.25) is 0 Å². The lowest BCUT2D eigenvalue weighted by atomic mass is 10.2. The van der Waals surface area contributed by atoms with Crippen LogP contribution in [0.25, 0.3) is 0 Å². The smallest absolute Gasteiger partial charge is 0.223 e. The molecule has 2 rings (SSSR count). The summed E-state index contributed by atoms with van der Waals surface area (Å²) < 4.78 is 6.34. The number of halogens is 1. The first kappa shape index (κ1) is 8.51. The Morgan fingerprint density at radius 2 is 2.15 bits per heavy atom. The van der Waals surface area contributed by atoms with E-state index >= 15 is 0 Å². The minimum absolute atomic E-state index is 0.566. The van der Waals surface area contributed by atoms with Crippen LogP contribution in [0.15, 0.2) is 46.1 Å². The maximum Gasteiger partial charge on any atom is 0.223 e. The SMILES string of the molecule is C=C1CN=C(c2ccccc2Br)O1. The molecule has 66 valence electrons. The molecule has 3 heteroatoms. The normalized spacial score (nSPS) is 15.5. The molecule has 1 aliphatic heterocycles. The summed E-state index contributed by atoms with van der Waals surface area (Å²) in [7, 11) is 0. The van der Waals surface area contributed by atoms with Crippen LogP contribution in [-0.2, 0) is 4.74 Å². The van der Waals surface area contributed by atoms with Crippen molar-refractivity contribution in [2.75, 3.05) is 6.54 Å². The fourth-order valence-electron chi connectivity index (χ4n) is 1.14. The number of nitrogens with zero attached hydrogens (tertiary/aromatic N) is 1.